The van der Waals surface area contributed by atoms with Crippen LogP contribution in [0.25, 0.3) is 0 Å². The number of thioether (sulfide) groups is 1. The number of hydrogen-bond acceptors (Lipinski definition) is 5. The molecule has 0 radical (unpaired) electrons. The first-order valence-electron chi connectivity index (χ1n) is 8.62. The van der Waals surface area contributed by atoms with Crippen LogP contribution in [0, 0.1) is 0 Å². The Morgan fingerprint density at radius 1 is 1.42 bits per heavy atom. The van der Waals surface area contributed by atoms with E-state index in [2.05, 4.69) is 15.4 Å². The molecule has 4 rings (SSSR count). The minimum absolute atomic E-state index is 0.00422. The van der Waals surface area contributed by atoms with Crippen molar-refractivity contribution in [1.29, 1.82) is 0 Å². The Hall–Kier alpha value is -2.48. The predicted octanol–water partition coefficient (Wildman–Crippen LogP) is 2.85. The largest absolute Gasteiger partial charge is 0.455 e. The second-order valence-electron chi connectivity index (χ2n) is 6.46. The van der Waals surface area contributed by atoms with Crippen molar-refractivity contribution in [3.63, 3.8) is 0 Å². The molecule has 1 unspecified atom stereocenters. The van der Waals surface area contributed by atoms with E-state index < -0.39 is 0 Å². The van der Waals surface area contributed by atoms with Crippen molar-refractivity contribution in [2.45, 2.75) is 36.2 Å². The Labute approximate surface area is 155 Å². The van der Waals surface area contributed by atoms with Crippen LogP contribution in [0.4, 0.5) is 0 Å². The lowest BCUT2D eigenvalue weighted by molar-refractivity contribution is 0.0903. The standard InChI is InChI=1S/C18H21N5O2S/c1-22-9-8-19-18(22)26-11-12-6-7-16(25-12)17(24)21-14-4-3-5-15-13(14)10-20-23(15)2/h6-10,14H,3-5,11H2,1-2H3,(H,21,24). The van der Waals surface area contributed by atoms with Gasteiger partial charge in [-0.2, -0.15) is 5.10 Å². The molecule has 1 aliphatic rings. The highest BCUT2D eigenvalue weighted by atomic mass is 32.2. The molecule has 7 nitrogen and oxygen atoms in total. The average Bonchev–Trinajstić information content (AvgIpc) is 3.35. The van der Waals surface area contributed by atoms with E-state index in [0.717, 1.165) is 35.7 Å². The second-order valence-corrected chi connectivity index (χ2v) is 7.41. The summed E-state index contributed by atoms with van der Waals surface area (Å²) in [6.45, 7) is 0. The molecule has 3 aromatic heterocycles. The maximum absolute atomic E-state index is 12.6. The molecule has 0 fully saturated rings. The van der Waals surface area contributed by atoms with Gasteiger partial charge in [0, 0.05) is 37.7 Å². The maximum Gasteiger partial charge on any atom is 0.287 e. The van der Waals surface area contributed by atoms with Crippen molar-refractivity contribution in [3.8, 4) is 0 Å². The van der Waals surface area contributed by atoms with Gasteiger partial charge in [0.15, 0.2) is 10.9 Å². The number of carbonyl (C=O) groups is 1. The Morgan fingerprint density at radius 3 is 3.12 bits per heavy atom. The number of furan rings is 1. The van der Waals surface area contributed by atoms with Crippen LogP contribution < -0.4 is 5.32 Å². The highest BCUT2D eigenvalue weighted by Gasteiger charge is 2.26. The Bertz CT molecular complexity index is 926. The predicted molar refractivity (Wildman–Crippen MR) is 97.8 cm³/mol. The van der Waals surface area contributed by atoms with Crippen LogP contribution in [0.5, 0.6) is 0 Å². The van der Waals surface area contributed by atoms with Gasteiger partial charge >= 0.3 is 0 Å². The molecular weight excluding hydrogens is 350 g/mol. The zero-order chi connectivity index (χ0) is 18.1. The fraction of sp³-hybridized carbons (Fsp3) is 0.389. The summed E-state index contributed by atoms with van der Waals surface area (Å²) in [7, 11) is 3.90. The van der Waals surface area contributed by atoms with Crippen LogP contribution in [-0.4, -0.2) is 25.2 Å². The van der Waals surface area contributed by atoms with Gasteiger partial charge in [-0.1, -0.05) is 11.8 Å². The number of fused-ring (bicyclic) bond motifs is 1. The SMILES string of the molecule is Cn1ccnc1SCc1ccc(C(=O)NC2CCCc3c2cnn3C)o1. The normalized spacial score (nSPS) is 16.5. The van der Waals surface area contributed by atoms with E-state index in [1.165, 1.54) is 5.69 Å². The fourth-order valence-corrected chi connectivity index (χ4v) is 4.12. The summed E-state index contributed by atoms with van der Waals surface area (Å²) in [6, 6.07) is 3.58. The summed E-state index contributed by atoms with van der Waals surface area (Å²) < 4.78 is 9.58. The third kappa shape index (κ3) is 3.29. The lowest BCUT2D eigenvalue weighted by Crippen LogP contribution is -2.30. The summed E-state index contributed by atoms with van der Waals surface area (Å²) in [5.74, 6) is 1.55. The highest BCUT2D eigenvalue weighted by molar-refractivity contribution is 7.98. The lowest BCUT2D eigenvalue weighted by atomic mass is 9.93. The monoisotopic (exact) mass is 371 g/mol. The van der Waals surface area contributed by atoms with E-state index >= 15 is 0 Å². The third-order valence-electron chi connectivity index (χ3n) is 4.69. The van der Waals surface area contributed by atoms with Crippen molar-refractivity contribution in [2.24, 2.45) is 14.1 Å². The molecule has 3 heterocycles. The zero-order valence-corrected chi connectivity index (χ0v) is 15.6. The molecule has 1 amide bonds. The summed E-state index contributed by atoms with van der Waals surface area (Å²) in [5, 5.41) is 8.32. The molecule has 1 atom stereocenters. The molecule has 3 aromatic rings. The van der Waals surface area contributed by atoms with Gasteiger partial charge in [0.2, 0.25) is 0 Å². The molecule has 0 saturated heterocycles. The smallest absolute Gasteiger partial charge is 0.287 e. The first-order chi connectivity index (χ1) is 12.6. The molecule has 1 aliphatic carbocycles. The molecule has 0 aliphatic heterocycles. The van der Waals surface area contributed by atoms with Crippen LogP contribution >= 0.6 is 11.8 Å². The number of amides is 1. The summed E-state index contributed by atoms with van der Waals surface area (Å²) in [5.41, 5.74) is 2.32. The molecule has 0 aromatic carbocycles. The van der Waals surface area contributed by atoms with Crippen LogP contribution in [0.2, 0.25) is 0 Å². The van der Waals surface area contributed by atoms with E-state index in [4.69, 9.17) is 4.42 Å². The molecule has 136 valence electrons. The Morgan fingerprint density at radius 2 is 2.31 bits per heavy atom. The van der Waals surface area contributed by atoms with Gasteiger partial charge in [0.05, 0.1) is 18.0 Å². The number of imidazole rings is 1. The number of rotatable bonds is 5. The van der Waals surface area contributed by atoms with Gasteiger partial charge in [-0.3, -0.25) is 9.48 Å². The van der Waals surface area contributed by atoms with Crippen LogP contribution in [-0.2, 0) is 26.3 Å². The quantitative estimate of drug-likeness (QED) is 0.698. The summed E-state index contributed by atoms with van der Waals surface area (Å²) >= 11 is 1.58. The molecule has 26 heavy (non-hydrogen) atoms. The zero-order valence-electron chi connectivity index (χ0n) is 14.8. The molecule has 0 saturated carbocycles. The van der Waals surface area contributed by atoms with Crippen LogP contribution in [0.1, 0.15) is 46.5 Å². The molecule has 0 bridgehead atoms. The van der Waals surface area contributed by atoms with E-state index in [1.54, 1.807) is 24.0 Å². The molecule has 0 spiro atoms. The fourth-order valence-electron chi connectivity index (χ4n) is 3.29. The van der Waals surface area contributed by atoms with E-state index in [1.807, 2.05) is 41.8 Å². The average molecular weight is 371 g/mol. The highest BCUT2D eigenvalue weighted by Crippen LogP contribution is 2.29. The van der Waals surface area contributed by atoms with E-state index in [0.29, 0.717) is 11.5 Å². The van der Waals surface area contributed by atoms with Crippen molar-refractivity contribution < 1.29 is 9.21 Å². The van der Waals surface area contributed by atoms with E-state index in [-0.39, 0.29) is 11.9 Å². The first-order valence-corrected chi connectivity index (χ1v) is 9.61. The van der Waals surface area contributed by atoms with E-state index in [9.17, 15) is 4.79 Å². The van der Waals surface area contributed by atoms with Crippen molar-refractivity contribution in [2.75, 3.05) is 0 Å². The first kappa shape index (κ1) is 17.0. The minimum atomic E-state index is -0.181. The van der Waals surface area contributed by atoms with Gasteiger partial charge in [-0.25, -0.2) is 4.98 Å². The van der Waals surface area contributed by atoms with Gasteiger partial charge in [-0.05, 0) is 31.4 Å². The van der Waals surface area contributed by atoms with Crippen LogP contribution in [0.15, 0.2) is 40.3 Å². The Balaban J connectivity index is 1.40. The third-order valence-corrected chi connectivity index (χ3v) is 5.77. The molecular formula is C18H21N5O2S. The van der Waals surface area contributed by atoms with Gasteiger partial charge < -0.3 is 14.3 Å². The van der Waals surface area contributed by atoms with Crippen molar-refractivity contribution >= 4 is 17.7 Å². The summed E-state index contributed by atoms with van der Waals surface area (Å²) in [6.07, 6.45) is 8.50. The van der Waals surface area contributed by atoms with Crippen molar-refractivity contribution in [3.05, 3.63) is 53.5 Å². The topological polar surface area (TPSA) is 77.9 Å². The molecule has 1 N–H and O–H groups in total. The number of nitrogens with one attached hydrogen (secondary N) is 1. The number of carbonyl (C=O) groups excluding carboxylic acids is 1. The Kier molecular flexibility index (Phi) is 4.58. The number of nitrogens with zero attached hydrogens (tertiary/aromatic N) is 4. The number of aryl methyl sites for hydroxylation is 2. The lowest BCUT2D eigenvalue weighted by Gasteiger charge is -2.23. The van der Waals surface area contributed by atoms with Gasteiger partial charge in [0.1, 0.15) is 5.76 Å². The second kappa shape index (κ2) is 7.03. The maximum atomic E-state index is 12.6. The minimum Gasteiger partial charge on any atom is -0.455 e. The van der Waals surface area contributed by atoms with Crippen LogP contribution in [0.3, 0.4) is 0 Å². The van der Waals surface area contributed by atoms with Gasteiger partial charge in [0.25, 0.3) is 5.91 Å². The summed E-state index contributed by atoms with van der Waals surface area (Å²) in [4.78, 5) is 16.8. The number of aromatic nitrogens is 4. The number of hydrogen-bond donors (Lipinski definition) is 1. The van der Waals surface area contributed by atoms with Crippen molar-refractivity contribution in [1.82, 2.24) is 24.6 Å². The molecule has 8 heteroatoms. The van der Waals surface area contributed by atoms with Gasteiger partial charge in [-0.15, -0.1) is 0 Å².